The number of unbranched alkanes of at least 4 members (excludes halogenated alkanes) is 2. The van der Waals surface area contributed by atoms with Crippen molar-refractivity contribution in [3.05, 3.63) is 53.3 Å². The standard InChI is InChI=1S/C18H23ClFN3O2S.ClH/c1-21-11-5-2-6-12-22-17-7-3-4-8-18(17)23(26(22,24)25)16-10-9-14(20)13-15(16)19;/h3-4,7-10,13,21,24-25H,2,5-6,11-12H2,1H3;1H. The molecule has 2 aromatic carbocycles. The second kappa shape index (κ2) is 9.32. The van der Waals surface area contributed by atoms with E-state index in [9.17, 15) is 13.5 Å². The van der Waals surface area contributed by atoms with Crippen molar-refractivity contribution in [2.24, 2.45) is 0 Å². The van der Waals surface area contributed by atoms with Crippen molar-refractivity contribution in [1.82, 2.24) is 5.32 Å². The fourth-order valence-electron chi connectivity index (χ4n) is 3.09. The van der Waals surface area contributed by atoms with Gasteiger partial charge in [-0.15, -0.1) is 12.4 Å². The summed E-state index contributed by atoms with van der Waals surface area (Å²) in [7, 11) is -1.41. The second-order valence-corrected chi connectivity index (χ2v) is 8.33. The Morgan fingerprint density at radius 3 is 2.41 bits per heavy atom. The van der Waals surface area contributed by atoms with Crippen molar-refractivity contribution < 1.29 is 13.5 Å². The zero-order valence-electron chi connectivity index (χ0n) is 14.9. The largest absolute Gasteiger partial charge is 0.320 e. The van der Waals surface area contributed by atoms with Crippen LogP contribution in [0.4, 0.5) is 21.5 Å². The van der Waals surface area contributed by atoms with Gasteiger partial charge >= 0.3 is 0 Å². The third-order valence-corrected chi connectivity index (χ3v) is 6.48. The maximum atomic E-state index is 13.4. The third-order valence-electron chi connectivity index (χ3n) is 4.33. The highest BCUT2D eigenvalue weighted by molar-refractivity contribution is 8.27. The molecule has 3 N–H and O–H groups in total. The van der Waals surface area contributed by atoms with Crippen LogP contribution in [-0.2, 0) is 0 Å². The molecule has 0 unspecified atom stereocenters. The summed E-state index contributed by atoms with van der Waals surface area (Å²) in [5, 5.41) is 3.24. The first kappa shape index (κ1) is 22.1. The van der Waals surface area contributed by atoms with E-state index in [1.165, 1.54) is 22.5 Å². The van der Waals surface area contributed by atoms with Gasteiger partial charge in [0.15, 0.2) is 0 Å². The molecule has 1 aliphatic rings. The molecule has 0 radical (unpaired) electrons. The van der Waals surface area contributed by atoms with Gasteiger partial charge in [-0.2, -0.15) is 0 Å². The van der Waals surface area contributed by atoms with Gasteiger partial charge in [-0.3, -0.25) is 13.4 Å². The van der Waals surface area contributed by atoms with Gasteiger partial charge in [-0.05, 0) is 67.7 Å². The predicted octanol–water partition coefficient (Wildman–Crippen LogP) is 5.83. The van der Waals surface area contributed by atoms with Crippen LogP contribution in [0.5, 0.6) is 0 Å². The summed E-state index contributed by atoms with van der Waals surface area (Å²) in [4.78, 5) is 0. The Balaban J connectivity index is 0.00000261. The maximum Gasteiger partial charge on any atom is 0.124 e. The van der Waals surface area contributed by atoms with Crippen molar-refractivity contribution in [2.75, 3.05) is 28.7 Å². The molecule has 5 nitrogen and oxygen atoms in total. The smallest absolute Gasteiger partial charge is 0.124 e. The van der Waals surface area contributed by atoms with E-state index in [1.54, 1.807) is 4.31 Å². The Kier molecular flexibility index (Phi) is 7.62. The lowest BCUT2D eigenvalue weighted by Crippen LogP contribution is -2.32. The molecular weight excluding hydrogens is 412 g/mol. The van der Waals surface area contributed by atoms with E-state index in [0.717, 1.165) is 31.5 Å². The van der Waals surface area contributed by atoms with Crippen LogP contribution in [0.1, 0.15) is 19.3 Å². The van der Waals surface area contributed by atoms with Gasteiger partial charge in [-0.1, -0.05) is 30.2 Å². The van der Waals surface area contributed by atoms with Gasteiger partial charge in [0.05, 0.1) is 22.1 Å². The second-order valence-electron chi connectivity index (χ2n) is 6.14. The summed E-state index contributed by atoms with van der Waals surface area (Å²) >= 11 is 6.20. The summed E-state index contributed by atoms with van der Waals surface area (Å²) in [5.41, 5.74) is 1.76. The molecule has 0 atom stereocenters. The van der Waals surface area contributed by atoms with E-state index in [1.807, 2.05) is 31.3 Å². The zero-order chi connectivity index (χ0) is 18.7. The van der Waals surface area contributed by atoms with Crippen molar-refractivity contribution in [2.45, 2.75) is 19.3 Å². The highest BCUT2D eigenvalue weighted by atomic mass is 35.5. The Morgan fingerprint density at radius 2 is 1.74 bits per heavy atom. The minimum Gasteiger partial charge on any atom is -0.320 e. The minimum absolute atomic E-state index is 0. The SMILES string of the molecule is CNCCCCCN1c2ccccc2N(c2ccc(F)cc2Cl)S1(O)O.Cl. The maximum absolute atomic E-state index is 13.4. The van der Waals surface area contributed by atoms with Crippen LogP contribution >= 0.6 is 35.0 Å². The number of halogens is 3. The molecule has 1 aliphatic heterocycles. The first-order valence-corrected chi connectivity index (χ1v) is 10.4. The number of fused-ring (bicyclic) bond motifs is 1. The average Bonchev–Trinajstić information content (AvgIpc) is 2.82. The fraction of sp³-hybridized carbons (Fsp3) is 0.333. The van der Waals surface area contributed by atoms with Crippen molar-refractivity contribution in [1.29, 1.82) is 0 Å². The number of benzene rings is 2. The van der Waals surface area contributed by atoms with Crippen LogP contribution in [-0.4, -0.2) is 29.2 Å². The molecule has 0 saturated heterocycles. The highest BCUT2D eigenvalue weighted by Gasteiger charge is 2.41. The molecule has 27 heavy (non-hydrogen) atoms. The topological polar surface area (TPSA) is 59.0 Å². The van der Waals surface area contributed by atoms with Gasteiger partial charge < -0.3 is 5.32 Å². The Labute approximate surface area is 172 Å². The van der Waals surface area contributed by atoms with Crippen LogP contribution in [0.15, 0.2) is 42.5 Å². The van der Waals surface area contributed by atoms with Crippen LogP contribution < -0.4 is 13.9 Å². The van der Waals surface area contributed by atoms with E-state index in [4.69, 9.17) is 11.6 Å². The predicted molar refractivity (Wildman–Crippen MR) is 115 cm³/mol. The molecule has 0 amide bonds. The molecule has 0 saturated carbocycles. The molecule has 0 aliphatic carbocycles. The lowest BCUT2D eigenvalue weighted by Gasteiger charge is -2.44. The van der Waals surface area contributed by atoms with E-state index < -0.39 is 16.8 Å². The van der Waals surface area contributed by atoms with Crippen molar-refractivity contribution in [3.63, 3.8) is 0 Å². The Morgan fingerprint density at radius 1 is 1.04 bits per heavy atom. The van der Waals surface area contributed by atoms with E-state index in [0.29, 0.717) is 17.9 Å². The van der Waals surface area contributed by atoms with Crippen molar-refractivity contribution >= 4 is 52.0 Å². The summed E-state index contributed by atoms with van der Waals surface area (Å²) < 4.78 is 38.5. The van der Waals surface area contributed by atoms with Gasteiger partial charge in [0.2, 0.25) is 0 Å². The number of hydrogen-bond donors (Lipinski definition) is 3. The molecule has 2 aromatic rings. The van der Waals surface area contributed by atoms with Gasteiger partial charge in [0, 0.05) is 6.54 Å². The fourth-order valence-corrected chi connectivity index (χ4v) is 5.23. The first-order chi connectivity index (χ1) is 12.5. The van der Waals surface area contributed by atoms with Crippen LogP contribution in [0.25, 0.3) is 0 Å². The monoisotopic (exact) mass is 435 g/mol. The molecule has 0 fully saturated rings. The van der Waals surface area contributed by atoms with E-state index >= 15 is 0 Å². The van der Waals surface area contributed by atoms with Gasteiger partial charge in [0.25, 0.3) is 0 Å². The number of nitrogens with zero attached hydrogens (tertiary/aromatic N) is 2. The summed E-state index contributed by atoms with van der Waals surface area (Å²) in [6.45, 7) is 1.45. The van der Waals surface area contributed by atoms with Crippen LogP contribution in [0, 0.1) is 5.82 Å². The number of nitrogens with one attached hydrogen (secondary N) is 1. The lowest BCUT2D eigenvalue weighted by atomic mass is 10.2. The first-order valence-electron chi connectivity index (χ1n) is 8.51. The molecule has 0 bridgehead atoms. The van der Waals surface area contributed by atoms with Crippen LogP contribution in [0.2, 0.25) is 5.02 Å². The lowest BCUT2D eigenvalue weighted by molar-refractivity contribution is 0.482. The summed E-state index contributed by atoms with van der Waals surface area (Å²) in [6, 6.07) is 11.3. The molecular formula is C18H24Cl2FN3O2S. The summed E-state index contributed by atoms with van der Waals surface area (Å²) in [5.74, 6) is -0.468. The molecule has 0 spiro atoms. The molecule has 150 valence electrons. The quantitative estimate of drug-likeness (QED) is 0.477. The normalized spacial score (nSPS) is 16.0. The molecule has 1 heterocycles. The third kappa shape index (κ3) is 4.45. The van der Waals surface area contributed by atoms with Gasteiger partial charge in [0.1, 0.15) is 5.82 Å². The highest BCUT2D eigenvalue weighted by Crippen LogP contribution is 2.64. The Hall–Kier alpha value is -1.22. The number of hydrogen-bond acceptors (Lipinski definition) is 5. The van der Waals surface area contributed by atoms with Crippen LogP contribution in [0.3, 0.4) is 0 Å². The molecule has 3 rings (SSSR count). The molecule has 0 aromatic heterocycles. The molecule has 9 heteroatoms. The van der Waals surface area contributed by atoms with Gasteiger partial charge in [-0.25, -0.2) is 8.70 Å². The number of anilines is 3. The van der Waals surface area contributed by atoms with E-state index in [2.05, 4.69) is 5.32 Å². The average molecular weight is 436 g/mol. The number of para-hydroxylation sites is 2. The zero-order valence-corrected chi connectivity index (χ0v) is 17.3. The number of rotatable bonds is 7. The Bertz CT molecular complexity index is 782. The van der Waals surface area contributed by atoms with Crippen molar-refractivity contribution in [3.8, 4) is 0 Å². The minimum atomic E-state index is -3.32. The van der Waals surface area contributed by atoms with E-state index in [-0.39, 0.29) is 17.4 Å². The summed E-state index contributed by atoms with van der Waals surface area (Å²) in [6.07, 6.45) is 2.84.